The highest BCUT2D eigenvalue weighted by molar-refractivity contribution is 5.91. The molecule has 1 heterocycles. The van der Waals surface area contributed by atoms with E-state index in [2.05, 4.69) is 10.6 Å². The molecule has 1 saturated heterocycles. The average Bonchev–Trinajstić information content (AvgIpc) is 3.22. The fourth-order valence-corrected chi connectivity index (χ4v) is 2.84. The van der Waals surface area contributed by atoms with Crippen LogP contribution in [0.4, 0.5) is 4.39 Å². The van der Waals surface area contributed by atoms with Gasteiger partial charge in [-0.25, -0.2) is 4.39 Å². The molecule has 2 aliphatic rings. The van der Waals surface area contributed by atoms with E-state index in [1.165, 1.54) is 12.1 Å². The zero-order valence-corrected chi connectivity index (χ0v) is 12.1. The number of carbonyl (C=O) groups is 1. The minimum absolute atomic E-state index is 0. The summed E-state index contributed by atoms with van der Waals surface area (Å²) in [7, 11) is 0. The number of nitrogens with one attached hydrogen (secondary N) is 2. The summed E-state index contributed by atoms with van der Waals surface area (Å²) in [6.07, 6.45) is 3.88. The van der Waals surface area contributed by atoms with Gasteiger partial charge >= 0.3 is 0 Å². The third kappa shape index (κ3) is 2.96. The number of hydrogen-bond donors (Lipinski definition) is 2. The Morgan fingerprint density at radius 2 is 2.00 bits per heavy atom. The fourth-order valence-electron chi connectivity index (χ4n) is 2.84. The van der Waals surface area contributed by atoms with E-state index < -0.39 is 5.41 Å². The van der Waals surface area contributed by atoms with Gasteiger partial charge < -0.3 is 10.6 Å². The summed E-state index contributed by atoms with van der Waals surface area (Å²) in [4.78, 5) is 12.4. The molecule has 0 aromatic heterocycles. The van der Waals surface area contributed by atoms with Gasteiger partial charge in [-0.3, -0.25) is 4.79 Å². The summed E-state index contributed by atoms with van der Waals surface area (Å²) < 4.78 is 13.0. The predicted octanol–water partition coefficient (Wildman–Crippen LogP) is 2.15. The number of piperidine rings is 1. The topological polar surface area (TPSA) is 41.1 Å². The van der Waals surface area contributed by atoms with E-state index in [1.54, 1.807) is 12.1 Å². The van der Waals surface area contributed by atoms with Crippen LogP contribution in [-0.2, 0) is 10.2 Å². The van der Waals surface area contributed by atoms with Crippen molar-refractivity contribution in [2.75, 3.05) is 13.1 Å². The summed E-state index contributed by atoms with van der Waals surface area (Å²) >= 11 is 0. The average molecular weight is 299 g/mol. The molecule has 20 heavy (non-hydrogen) atoms. The Labute approximate surface area is 124 Å². The smallest absolute Gasteiger partial charge is 0.230 e. The van der Waals surface area contributed by atoms with Crippen LogP contribution in [0.25, 0.3) is 0 Å². The van der Waals surface area contributed by atoms with Gasteiger partial charge in [0.1, 0.15) is 5.82 Å². The first kappa shape index (κ1) is 15.3. The molecule has 1 aromatic carbocycles. The van der Waals surface area contributed by atoms with Crippen LogP contribution < -0.4 is 10.6 Å². The zero-order valence-electron chi connectivity index (χ0n) is 11.3. The Morgan fingerprint density at radius 1 is 1.30 bits per heavy atom. The van der Waals surface area contributed by atoms with Crippen molar-refractivity contribution in [2.24, 2.45) is 0 Å². The van der Waals surface area contributed by atoms with E-state index in [9.17, 15) is 9.18 Å². The van der Waals surface area contributed by atoms with Gasteiger partial charge in [0.05, 0.1) is 5.41 Å². The molecule has 3 nitrogen and oxygen atoms in total. The maximum Gasteiger partial charge on any atom is 0.230 e. The van der Waals surface area contributed by atoms with Crippen molar-refractivity contribution in [3.63, 3.8) is 0 Å². The molecule has 0 unspecified atom stereocenters. The molecular weight excluding hydrogens is 279 g/mol. The van der Waals surface area contributed by atoms with E-state index in [1.807, 2.05) is 0 Å². The largest absolute Gasteiger partial charge is 0.351 e. The third-order valence-electron chi connectivity index (χ3n) is 4.21. The van der Waals surface area contributed by atoms with Gasteiger partial charge in [0.25, 0.3) is 0 Å². The summed E-state index contributed by atoms with van der Waals surface area (Å²) in [5.41, 5.74) is 0.542. The normalized spacial score (nSPS) is 23.6. The molecule has 5 heteroatoms. The van der Waals surface area contributed by atoms with E-state index in [4.69, 9.17) is 0 Å². The third-order valence-corrected chi connectivity index (χ3v) is 4.21. The first-order valence-electron chi connectivity index (χ1n) is 6.98. The van der Waals surface area contributed by atoms with Crippen LogP contribution in [0, 0.1) is 5.82 Å². The van der Waals surface area contributed by atoms with E-state index in [-0.39, 0.29) is 30.2 Å². The van der Waals surface area contributed by atoms with Crippen LogP contribution >= 0.6 is 12.4 Å². The molecule has 3 rings (SSSR count). The van der Waals surface area contributed by atoms with E-state index in [0.717, 1.165) is 44.3 Å². The summed E-state index contributed by atoms with van der Waals surface area (Å²) in [6.45, 7) is 1.89. The van der Waals surface area contributed by atoms with Crippen molar-refractivity contribution in [2.45, 2.75) is 37.1 Å². The minimum atomic E-state index is -0.398. The molecule has 0 spiro atoms. The van der Waals surface area contributed by atoms with E-state index >= 15 is 0 Å². The molecule has 0 radical (unpaired) electrons. The highest BCUT2D eigenvalue weighted by Crippen LogP contribution is 2.48. The number of amides is 1. The molecule has 1 amide bonds. The molecule has 1 aromatic rings. The standard InChI is InChI=1S/C15H19FN2O.ClH/c16-12-5-3-11(4-6-12)15(7-8-15)14(19)18-13-2-1-9-17-10-13;/h3-6,13,17H,1-2,7-10H2,(H,18,19);1H/t13-;/m0./s1. The summed E-state index contributed by atoms with van der Waals surface area (Å²) in [5, 5.41) is 6.43. The second-order valence-corrected chi connectivity index (χ2v) is 5.61. The van der Waals surface area contributed by atoms with Gasteiger partial charge in [-0.15, -0.1) is 12.4 Å². The molecule has 2 N–H and O–H groups in total. The van der Waals surface area contributed by atoms with Crippen molar-refractivity contribution in [3.8, 4) is 0 Å². The molecule has 1 aliphatic heterocycles. The lowest BCUT2D eigenvalue weighted by Crippen LogP contribution is -2.48. The lowest BCUT2D eigenvalue weighted by molar-refractivity contribution is -0.124. The highest BCUT2D eigenvalue weighted by Gasteiger charge is 2.51. The SMILES string of the molecule is Cl.O=C(N[C@H]1CCCNC1)C1(c2ccc(F)cc2)CC1. The maximum absolute atomic E-state index is 13.0. The number of benzene rings is 1. The highest BCUT2D eigenvalue weighted by atomic mass is 35.5. The lowest BCUT2D eigenvalue weighted by atomic mass is 9.94. The number of halogens is 2. The molecule has 1 atom stereocenters. The number of hydrogen-bond acceptors (Lipinski definition) is 2. The fraction of sp³-hybridized carbons (Fsp3) is 0.533. The van der Waals surface area contributed by atoms with Gasteiger partial charge in [-0.2, -0.15) is 0 Å². The Bertz CT molecular complexity index is 467. The van der Waals surface area contributed by atoms with Crippen LogP contribution in [0.5, 0.6) is 0 Å². The van der Waals surface area contributed by atoms with Crippen LogP contribution in [0.1, 0.15) is 31.2 Å². The molecule has 2 fully saturated rings. The van der Waals surface area contributed by atoms with Crippen molar-refractivity contribution >= 4 is 18.3 Å². The Hall–Kier alpha value is -1.13. The first-order chi connectivity index (χ1) is 9.21. The van der Waals surface area contributed by atoms with E-state index in [0.29, 0.717) is 0 Å². The Balaban J connectivity index is 0.00000147. The van der Waals surface area contributed by atoms with Gasteiger partial charge in [0.2, 0.25) is 5.91 Å². The molecule has 110 valence electrons. The van der Waals surface area contributed by atoms with Crippen LogP contribution in [0.3, 0.4) is 0 Å². The van der Waals surface area contributed by atoms with Crippen molar-refractivity contribution in [1.29, 1.82) is 0 Å². The molecule has 1 saturated carbocycles. The predicted molar refractivity (Wildman–Crippen MR) is 78.6 cm³/mol. The first-order valence-corrected chi connectivity index (χ1v) is 6.98. The lowest BCUT2D eigenvalue weighted by Gasteiger charge is -2.26. The Morgan fingerprint density at radius 3 is 2.55 bits per heavy atom. The quantitative estimate of drug-likeness (QED) is 0.898. The minimum Gasteiger partial charge on any atom is -0.351 e. The maximum atomic E-state index is 13.0. The van der Waals surface area contributed by atoms with Gasteiger partial charge in [0.15, 0.2) is 0 Å². The zero-order chi connectivity index (χ0) is 13.3. The van der Waals surface area contributed by atoms with Crippen molar-refractivity contribution in [3.05, 3.63) is 35.6 Å². The van der Waals surface area contributed by atoms with Gasteiger partial charge in [0, 0.05) is 12.6 Å². The number of rotatable bonds is 3. The number of carbonyl (C=O) groups excluding carboxylic acids is 1. The summed E-state index contributed by atoms with van der Waals surface area (Å²) in [5.74, 6) is -0.149. The second kappa shape index (κ2) is 6.10. The molecular formula is C15H20ClFN2O. The molecule has 1 aliphatic carbocycles. The summed E-state index contributed by atoms with van der Waals surface area (Å²) in [6, 6.07) is 6.58. The van der Waals surface area contributed by atoms with Crippen molar-refractivity contribution in [1.82, 2.24) is 10.6 Å². The molecule has 0 bridgehead atoms. The van der Waals surface area contributed by atoms with Crippen LogP contribution in [0.2, 0.25) is 0 Å². The second-order valence-electron chi connectivity index (χ2n) is 5.61. The van der Waals surface area contributed by atoms with Crippen molar-refractivity contribution < 1.29 is 9.18 Å². The van der Waals surface area contributed by atoms with Crippen LogP contribution in [0.15, 0.2) is 24.3 Å². The van der Waals surface area contributed by atoms with Gasteiger partial charge in [-0.1, -0.05) is 12.1 Å². The Kier molecular flexibility index (Phi) is 4.66. The van der Waals surface area contributed by atoms with Gasteiger partial charge in [-0.05, 0) is 49.9 Å². The monoisotopic (exact) mass is 298 g/mol. The van der Waals surface area contributed by atoms with Crippen LogP contribution in [-0.4, -0.2) is 25.0 Å².